The van der Waals surface area contributed by atoms with Crippen molar-refractivity contribution in [2.24, 2.45) is 0 Å². The highest BCUT2D eigenvalue weighted by molar-refractivity contribution is 7.91. The summed E-state index contributed by atoms with van der Waals surface area (Å²) in [7, 11) is -3.16. The third kappa shape index (κ3) is 1.44. The van der Waals surface area contributed by atoms with Crippen LogP contribution in [0.15, 0.2) is 24.3 Å². The van der Waals surface area contributed by atoms with Crippen molar-refractivity contribution in [3.63, 3.8) is 0 Å². The van der Waals surface area contributed by atoms with Gasteiger partial charge in [0.25, 0.3) is 0 Å². The van der Waals surface area contributed by atoms with Crippen molar-refractivity contribution >= 4 is 9.84 Å². The molecule has 2 rings (SSSR count). The summed E-state index contributed by atoms with van der Waals surface area (Å²) in [6.45, 7) is 0. The maximum atomic E-state index is 11.8. The molecule has 15 heavy (non-hydrogen) atoms. The lowest BCUT2D eigenvalue weighted by atomic mass is 9.78. The Morgan fingerprint density at radius 2 is 1.87 bits per heavy atom. The average molecular weight is 226 g/mol. The summed E-state index contributed by atoms with van der Waals surface area (Å²) >= 11 is 0. The number of sulfone groups is 1. The van der Waals surface area contributed by atoms with Gasteiger partial charge in [-0.15, -0.1) is 0 Å². The van der Waals surface area contributed by atoms with Gasteiger partial charge >= 0.3 is 0 Å². The number of phenols is 1. The number of phenolic OH excluding ortho intramolecular Hbond substituents is 1. The molecular formula is C11H14O3S. The van der Waals surface area contributed by atoms with E-state index in [2.05, 4.69) is 0 Å². The summed E-state index contributed by atoms with van der Waals surface area (Å²) < 4.78 is 22.7. The zero-order chi connectivity index (χ0) is 11.1. The first-order chi connectivity index (χ1) is 6.97. The van der Waals surface area contributed by atoms with E-state index >= 15 is 0 Å². The maximum Gasteiger partial charge on any atom is 0.157 e. The molecule has 0 atom stereocenters. The molecule has 1 aliphatic carbocycles. The van der Waals surface area contributed by atoms with Gasteiger partial charge in [0.1, 0.15) is 10.5 Å². The minimum atomic E-state index is -3.16. The Bertz CT molecular complexity index is 472. The van der Waals surface area contributed by atoms with Crippen molar-refractivity contribution in [1.29, 1.82) is 0 Å². The van der Waals surface area contributed by atoms with Crippen molar-refractivity contribution in [1.82, 2.24) is 0 Å². The van der Waals surface area contributed by atoms with E-state index in [-0.39, 0.29) is 5.75 Å². The second-order valence-corrected chi connectivity index (χ2v) is 6.46. The fourth-order valence-electron chi connectivity index (χ4n) is 2.20. The van der Waals surface area contributed by atoms with Gasteiger partial charge in [0.05, 0.1) is 0 Å². The second-order valence-electron chi connectivity index (χ2n) is 4.14. The molecule has 0 radical (unpaired) electrons. The highest BCUT2D eigenvalue weighted by atomic mass is 32.2. The summed E-state index contributed by atoms with van der Waals surface area (Å²) in [5.41, 5.74) is 0.554. The van der Waals surface area contributed by atoms with Gasteiger partial charge in [0.2, 0.25) is 0 Å². The number of hydrogen-bond donors (Lipinski definition) is 1. The van der Waals surface area contributed by atoms with E-state index in [4.69, 9.17) is 0 Å². The Morgan fingerprint density at radius 3 is 2.27 bits per heavy atom. The normalized spacial score (nSPS) is 19.5. The lowest BCUT2D eigenvalue weighted by molar-refractivity contribution is 0.332. The van der Waals surface area contributed by atoms with Crippen molar-refractivity contribution in [3.05, 3.63) is 29.8 Å². The zero-order valence-electron chi connectivity index (χ0n) is 8.60. The first-order valence-corrected chi connectivity index (χ1v) is 6.85. The number of hydrogen-bond acceptors (Lipinski definition) is 3. The molecule has 1 saturated carbocycles. The number of rotatable bonds is 2. The molecule has 3 nitrogen and oxygen atoms in total. The molecule has 0 bridgehead atoms. The summed E-state index contributed by atoms with van der Waals surface area (Å²) in [5, 5.41) is 9.71. The molecule has 1 aliphatic rings. The van der Waals surface area contributed by atoms with Gasteiger partial charge in [-0.1, -0.05) is 18.2 Å². The van der Waals surface area contributed by atoms with Crippen LogP contribution in [-0.4, -0.2) is 19.8 Å². The molecule has 1 aromatic carbocycles. The predicted octanol–water partition coefficient (Wildman–Crippen LogP) is 1.82. The van der Waals surface area contributed by atoms with Gasteiger partial charge in [0, 0.05) is 11.8 Å². The molecule has 0 saturated heterocycles. The Balaban J connectivity index is 2.58. The van der Waals surface area contributed by atoms with E-state index in [1.807, 2.05) is 0 Å². The topological polar surface area (TPSA) is 54.4 Å². The molecule has 0 spiro atoms. The lowest BCUT2D eigenvalue weighted by Gasteiger charge is -2.40. The van der Waals surface area contributed by atoms with Crippen LogP contribution in [0.2, 0.25) is 0 Å². The molecule has 0 unspecified atom stereocenters. The quantitative estimate of drug-likeness (QED) is 0.836. The van der Waals surface area contributed by atoms with Crippen molar-refractivity contribution in [3.8, 4) is 5.75 Å². The summed E-state index contributed by atoms with van der Waals surface area (Å²) in [6, 6.07) is 6.71. The molecule has 82 valence electrons. The number of benzene rings is 1. The molecule has 1 fully saturated rings. The standard InChI is InChI=1S/C11H14O3S/c1-15(13,14)11(7-4-8-11)9-5-2-3-6-10(9)12/h2-3,5-6,12H,4,7-8H2,1H3. The van der Waals surface area contributed by atoms with Crippen LogP contribution in [0.25, 0.3) is 0 Å². The van der Waals surface area contributed by atoms with Gasteiger partial charge in [-0.25, -0.2) is 8.42 Å². The Labute approximate surface area is 89.7 Å². The van der Waals surface area contributed by atoms with Crippen LogP contribution in [0.4, 0.5) is 0 Å². The van der Waals surface area contributed by atoms with Gasteiger partial charge in [0.15, 0.2) is 9.84 Å². The summed E-state index contributed by atoms with van der Waals surface area (Å²) in [5.74, 6) is 0.0858. The molecule has 0 heterocycles. The molecule has 4 heteroatoms. The van der Waals surface area contributed by atoms with Crippen LogP contribution >= 0.6 is 0 Å². The third-order valence-corrected chi connectivity index (χ3v) is 5.31. The number of para-hydroxylation sites is 1. The van der Waals surface area contributed by atoms with Crippen molar-refractivity contribution < 1.29 is 13.5 Å². The predicted molar refractivity (Wildman–Crippen MR) is 58.5 cm³/mol. The van der Waals surface area contributed by atoms with Crippen LogP contribution in [0.1, 0.15) is 24.8 Å². The fraction of sp³-hybridized carbons (Fsp3) is 0.455. The summed E-state index contributed by atoms with van der Waals surface area (Å²) in [4.78, 5) is 0. The van der Waals surface area contributed by atoms with Crippen LogP contribution in [0.5, 0.6) is 5.75 Å². The highest BCUT2D eigenvalue weighted by Crippen LogP contribution is 2.50. The van der Waals surface area contributed by atoms with Crippen molar-refractivity contribution in [2.75, 3.05) is 6.26 Å². The van der Waals surface area contributed by atoms with Crippen LogP contribution in [0.3, 0.4) is 0 Å². The van der Waals surface area contributed by atoms with Crippen LogP contribution < -0.4 is 0 Å². The van der Waals surface area contributed by atoms with Gasteiger partial charge in [-0.3, -0.25) is 0 Å². The van der Waals surface area contributed by atoms with Gasteiger partial charge in [-0.2, -0.15) is 0 Å². The summed E-state index contributed by atoms with van der Waals surface area (Å²) in [6.07, 6.45) is 3.38. The SMILES string of the molecule is CS(=O)(=O)C1(c2ccccc2O)CCC1. The van der Waals surface area contributed by atoms with Crippen LogP contribution in [-0.2, 0) is 14.6 Å². The molecule has 0 aliphatic heterocycles. The maximum absolute atomic E-state index is 11.8. The Kier molecular flexibility index (Phi) is 2.26. The van der Waals surface area contributed by atoms with Gasteiger partial charge in [-0.05, 0) is 25.3 Å². The van der Waals surface area contributed by atoms with Gasteiger partial charge < -0.3 is 5.11 Å². The Hall–Kier alpha value is -1.03. The monoisotopic (exact) mass is 226 g/mol. The molecule has 0 aromatic heterocycles. The first kappa shape index (κ1) is 10.5. The fourth-order valence-corrected chi connectivity index (χ4v) is 3.80. The van der Waals surface area contributed by atoms with Crippen LogP contribution in [0, 0.1) is 0 Å². The molecular weight excluding hydrogens is 212 g/mol. The minimum absolute atomic E-state index is 0.0858. The molecule has 0 amide bonds. The largest absolute Gasteiger partial charge is 0.508 e. The average Bonchev–Trinajstić information content (AvgIpc) is 2.03. The van der Waals surface area contributed by atoms with E-state index in [1.54, 1.807) is 24.3 Å². The molecule has 1 N–H and O–H groups in total. The van der Waals surface area contributed by atoms with E-state index in [1.165, 1.54) is 6.26 Å². The smallest absolute Gasteiger partial charge is 0.157 e. The van der Waals surface area contributed by atoms with E-state index in [9.17, 15) is 13.5 Å². The molecule has 1 aromatic rings. The number of aromatic hydroxyl groups is 1. The van der Waals surface area contributed by atoms with Crippen molar-refractivity contribution in [2.45, 2.75) is 24.0 Å². The third-order valence-electron chi connectivity index (χ3n) is 3.27. The first-order valence-electron chi connectivity index (χ1n) is 4.95. The highest BCUT2D eigenvalue weighted by Gasteiger charge is 2.49. The zero-order valence-corrected chi connectivity index (χ0v) is 9.42. The van der Waals surface area contributed by atoms with E-state index in [0.717, 1.165) is 6.42 Å². The second kappa shape index (κ2) is 3.23. The van der Waals surface area contributed by atoms with E-state index < -0.39 is 14.6 Å². The minimum Gasteiger partial charge on any atom is -0.508 e. The Morgan fingerprint density at radius 1 is 1.27 bits per heavy atom. The van der Waals surface area contributed by atoms with E-state index in [0.29, 0.717) is 18.4 Å². The lowest BCUT2D eigenvalue weighted by Crippen LogP contribution is -2.41.